The fraction of sp³-hybridized carbons (Fsp3) is 0.211. The van der Waals surface area contributed by atoms with Gasteiger partial charge in [0.25, 0.3) is 11.1 Å². The van der Waals surface area contributed by atoms with Gasteiger partial charge in [0.15, 0.2) is 0 Å². The molecule has 1 aromatic heterocycles. The van der Waals surface area contributed by atoms with Crippen LogP contribution in [-0.4, -0.2) is 36.1 Å². The topological polar surface area (TPSA) is 86.5 Å². The maximum absolute atomic E-state index is 12.1. The van der Waals surface area contributed by atoms with Crippen molar-refractivity contribution in [2.24, 2.45) is 0 Å². The van der Waals surface area contributed by atoms with Gasteiger partial charge in [-0.05, 0) is 31.2 Å². The zero-order valence-electron chi connectivity index (χ0n) is 15.2. The second kappa shape index (κ2) is 8.59. The summed E-state index contributed by atoms with van der Waals surface area (Å²) in [6, 6.07) is 12.9. The first-order valence-corrected chi connectivity index (χ1v) is 9.13. The molecule has 8 heteroatoms. The van der Waals surface area contributed by atoms with E-state index in [1.807, 2.05) is 31.2 Å². The highest BCUT2D eigenvalue weighted by Gasteiger charge is 2.15. The van der Waals surface area contributed by atoms with Crippen LogP contribution in [0.4, 0.5) is 5.69 Å². The van der Waals surface area contributed by atoms with Gasteiger partial charge in [-0.15, -0.1) is 10.2 Å². The Morgan fingerprint density at radius 1 is 1.11 bits per heavy atom. The van der Waals surface area contributed by atoms with Crippen LogP contribution >= 0.6 is 11.8 Å². The SMILES string of the molecule is COc1ccc(-c2nnc(SCC(=O)Nc3ccc(C)cc3)o2)c(OC)c1. The molecule has 0 aliphatic heterocycles. The van der Waals surface area contributed by atoms with Gasteiger partial charge in [0.2, 0.25) is 5.91 Å². The van der Waals surface area contributed by atoms with Crippen LogP contribution in [0.2, 0.25) is 0 Å². The molecule has 0 saturated carbocycles. The number of nitrogens with zero attached hydrogens (tertiary/aromatic N) is 2. The molecule has 0 spiro atoms. The average molecular weight is 385 g/mol. The molecule has 2 aromatic carbocycles. The van der Waals surface area contributed by atoms with Crippen LogP contribution in [0.15, 0.2) is 52.1 Å². The average Bonchev–Trinajstić information content (AvgIpc) is 3.16. The molecule has 0 atom stereocenters. The molecule has 0 radical (unpaired) electrons. The standard InChI is InChI=1S/C19H19N3O4S/c1-12-4-6-13(7-5-12)20-17(23)11-27-19-22-21-18(26-19)15-9-8-14(24-2)10-16(15)25-3/h4-10H,11H2,1-3H3,(H,20,23). The van der Waals surface area contributed by atoms with E-state index in [-0.39, 0.29) is 11.7 Å². The molecule has 0 bridgehead atoms. The molecule has 0 unspecified atom stereocenters. The quantitative estimate of drug-likeness (QED) is 0.619. The molecule has 3 rings (SSSR count). The van der Waals surface area contributed by atoms with E-state index in [4.69, 9.17) is 13.9 Å². The highest BCUT2D eigenvalue weighted by molar-refractivity contribution is 7.99. The molecular formula is C19H19N3O4S. The number of methoxy groups -OCH3 is 2. The Hall–Kier alpha value is -3.00. The fourth-order valence-corrected chi connectivity index (χ4v) is 2.88. The molecule has 0 aliphatic carbocycles. The molecular weight excluding hydrogens is 366 g/mol. The number of ether oxygens (including phenoxy) is 2. The first-order valence-electron chi connectivity index (χ1n) is 8.14. The summed E-state index contributed by atoms with van der Waals surface area (Å²) in [5.74, 6) is 1.56. The predicted molar refractivity (Wildman–Crippen MR) is 103 cm³/mol. The normalized spacial score (nSPS) is 10.5. The third-order valence-electron chi connectivity index (χ3n) is 3.71. The summed E-state index contributed by atoms with van der Waals surface area (Å²) >= 11 is 1.17. The molecule has 0 aliphatic rings. The van der Waals surface area contributed by atoms with Gasteiger partial charge in [0, 0.05) is 11.8 Å². The van der Waals surface area contributed by atoms with Gasteiger partial charge in [-0.1, -0.05) is 29.5 Å². The van der Waals surface area contributed by atoms with Crippen LogP contribution in [-0.2, 0) is 4.79 Å². The lowest BCUT2D eigenvalue weighted by atomic mass is 10.2. The zero-order valence-corrected chi connectivity index (χ0v) is 16.0. The minimum Gasteiger partial charge on any atom is -0.497 e. The predicted octanol–water partition coefficient (Wildman–Crippen LogP) is 3.79. The van der Waals surface area contributed by atoms with Crippen LogP contribution in [0.5, 0.6) is 11.5 Å². The Balaban J connectivity index is 1.62. The van der Waals surface area contributed by atoms with Crippen molar-refractivity contribution in [3.63, 3.8) is 0 Å². The van der Waals surface area contributed by atoms with E-state index in [0.29, 0.717) is 28.2 Å². The first-order chi connectivity index (χ1) is 13.1. The molecule has 7 nitrogen and oxygen atoms in total. The lowest BCUT2D eigenvalue weighted by Crippen LogP contribution is -2.13. The molecule has 1 heterocycles. The van der Waals surface area contributed by atoms with Gasteiger partial charge in [0.05, 0.1) is 25.5 Å². The number of amides is 1. The minimum atomic E-state index is -0.148. The van der Waals surface area contributed by atoms with Crippen molar-refractivity contribution in [1.82, 2.24) is 10.2 Å². The summed E-state index contributed by atoms with van der Waals surface area (Å²) in [6.45, 7) is 1.99. The maximum atomic E-state index is 12.1. The van der Waals surface area contributed by atoms with E-state index in [1.165, 1.54) is 11.8 Å². The Bertz CT molecular complexity index is 925. The van der Waals surface area contributed by atoms with Gasteiger partial charge in [0.1, 0.15) is 11.5 Å². The Labute approximate surface area is 161 Å². The number of carbonyl (C=O) groups excluding carboxylic acids is 1. The first kappa shape index (κ1) is 18.8. The van der Waals surface area contributed by atoms with E-state index < -0.39 is 0 Å². The highest BCUT2D eigenvalue weighted by Crippen LogP contribution is 2.33. The van der Waals surface area contributed by atoms with E-state index in [9.17, 15) is 4.79 Å². The molecule has 3 aromatic rings. The number of thioether (sulfide) groups is 1. The maximum Gasteiger partial charge on any atom is 0.277 e. The van der Waals surface area contributed by atoms with E-state index in [1.54, 1.807) is 32.4 Å². The third-order valence-corrected chi connectivity index (χ3v) is 4.53. The molecule has 0 saturated heterocycles. The summed E-state index contributed by atoms with van der Waals surface area (Å²) in [5.41, 5.74) is 2.54. The molecule has 1 N–H and O–H groups in total. The van der Waals surface area contributed by atoms with E-state index in [2.05, 4.69) is 15.5 Å². The monoisotopic (exact) mass is 385 g/mol. The molecule has 0 fully saturated rings. The number of anilines is 1. The number of hydrogen-bond donors (Lipinski definition) is 1. The summed E-state index contributed by atoms with van der Waals surface area (Å²) in [7, 11) is 3.14. The van der Waals surface area contributed by atoms with Crippen molar-refractivity contribution in [2.45, 2.75) is 12.1 Å². The van der Waals surface area contributed by atoms with E-state index >= 15 is 0 Å². The van der Waals surface area contributed by atoms with Crippen molar-refractivity contribution in [3.05, 3.63) is 48.0 Å². The largest absolute Gasteiger partial charge is 0.497 e. The van der Waals surface area contributed by atoms with Crippen LogP contribution in [0.3, 0.4) is 0 Å². The lowest BCUT2D eigenvalue weighted by molar-refractivity contribution is -0.113. The number of carbonyl (C=O) groups is 1. The fourth-order valence-electron chi connectivity index (χ4n) is 2.31. The number of nitrogens with one attached hydrogen (secondary N) is 1. The second-order valence-corrected chi connectivity index (χ2v) is 6.57. The summed E-state index contributed by atoms with van der Waals surface area (Å²) in [5, 5.41) is 11.1. The molecule has 140 valence electrons. The van der Waals surface area contributed by atoms with Crippen molar-refractivity contribution in [3.8, 4) is 23.0 Å². The van der Waals surface area contributed by atoms with Crippen molar-refractivity contribution >= 4 is 23.4 Å². The Kier molecular flexibility index (Phi) is 5.97. The van der Waals surface area contributed by atoms with Crippen LogP contribution < -0.4 is 14.8 Å². The minimum absolute atomic E-state index is 0.148. The van der Waals surface area contributed by atoms with Gasteiger partial charge >= 0.3 is 0 Å². The van der Waals surface area contributed by atoms with Gasteiger partial charge < -0.3 is 19.2 Å². The Morgan fingerprint density at radius 3 is 2.59 bits per heavy atom. The summed E-state index contributed by atoms with van der Waals surface area (Å²) in [6.07, 6.45) is 0. The molecule has 1 amide bonds. The highest BCUT2D eigenvalue weighted by atomic mass is 32.2. The van der Waals surface area contributed by atoms with Gasteiger partial charge in [-0.3, -0.25) is 4.79 Å². The summed E-state index contributed by atoms with van der Waals surface area (Å²) < 4.78 is 16.2. The summed E-state index contributed by atoms with van der Waals surface area (Å²) in [4.78, 5) is 12.1. The number of rotatable bonds is 7. The Morgan fingerprint density at radius 2 is 1.89 bits per heavy atom. The van der Waals surface area contributed by atoms with Gasteiger partial charge in [-0.2, -0.15) is 0 Å². The lowest BCUT2D eigenvalue weighted by Gasteiger charge is -2.07. The van der Waals surface area contributed by atoms with Crippen LogP contribution in [0, 0.1) is 6.92 Å². The molecule has 27 heavy (non-hydrogen) atoms. The van der Waals surface area contributed by atoms with Crippen molar-refractivity contribution in [1.29, 1.82) is 0 Å². The number of aromatic nitrogens is 2. The van der Waals surface area contributed by atoms with Crippen LogP contribution in [0.1, 0.15) is 5.56 Å². The number of aryl methyl sites for hydroxylation is 1. The number of hydrogen-bond acceptors (Lipinski definition) is 7. The second-order valence-electron chi connectivity index (χ2n) is 5.64. The third kappa shape index (κ3) is 4.79. The van der Waals surface area contributed by atoms with Crippen molar-refractivity contribution < 1.29 is 18.7 Å². The van der Waals surface area contributed by atoms with Gasteiger partial charge in [-0.25, -0.2) is 0 Å². The number of benzene rings is 2. The van der Waals surface area contributed by atoms with Crippen LogP contribution in [0.25, 0.3) is 11.5 Å². The smallest absolute Gasteiger partial charge is 0.277 e. The van der Waals surface area contributed by atoms with Crippen molar-refractivity contribution in [2.75, 3.05) is 25.3 Å². The van der Waals surface area contributed by atoms with E-state index in [0.717, 1.165) is 11.3 Å². The zero-order chi connectivity index (χ0) is 19.2.